The van der Waals surface area contributed by atoms with Gasteiger partial charge >= 0.3 is 6.18 Å². The van der Waals surface area contributed by atoms with Crippen molar-refractivity contribution in [1.29, 1.82) is 0 Å². The van der Waals surface area contributed by atoms with E-state index in [-0.39, 0.29) is 0 Å². The maximum Gasteiger partial charge on any atom is 0.443 e. The Morgan fingerprint density at radius 3 is 2.33 bits per heavy atom. The topological polar surface area (TPSA) is 12.9 Å². The summed E-state index contributed by atoms with van der Waals surface area (Å²) < 4.78 is 37.7. The van der Waals surface area contributed by atoms with Crippen LogP contribution in [0.25, 0.3) is 10.2 Å². The molecule has 0 N–H and O–H groups in total. The number of nitrogens with zero attached hydrogens (tertiary/aromatic N) is 1. The molecule has 0 amide bonds. The van der Waals surface area contributed by atoms with Crippen molar-refractivity contribution in [2.75, 3.05) is 0 Å². The minimum absolute atomic E-state index is 0.426. The lowest BCUT2D eigenvalue weighted by molar-refractivity contribution is -0.137. The molecule has 80 valence electrons. The van der Waals surface area contributed by atoms with Gasteiger partial charge in [-0.3, -0.25) is 0 Å². The Hall–Kier alpha value is -1.10. The van der Waals surface area contributed by atoms with Crippen molar-refractivity contribution in [3.63, 3.8) is 0 Å². The normalized spacial score (nSPS) is 12.3. The summed E-state index contributed by atoms with van der Waals surface area (Å²) in [5.41, 5.74) is 2.37. The minimum atomic E-state index is -4.34. The molecule has 0 spiro atoms. The van der Waals surface area contributed by atoms with Gasteiger partial charge in [0.15, 0.2) is 5.01 Å². The molecule has 0 saturated heterocycles. The van der Waals surface area contributed by atoms with Gasteiger partial charge in [0.25, 0.3) is 0 Å². The van der Waals surface area contributed by atoms with Crippen molar-refractivity contribution < 1.29 is 13.2 Å². The number of aromatic nitrogens is 1. The maximum atomic E-state index is 12.4. The van der Waals surface area contributed by atoms with Crippen LogP contribution in [-0.4, -0.2) is 4.98 Å². The number of thiazole rings is 1. The second kappa shape index (κ2) is 3.20. The van der Waals surface area contributed by atoms with Gasteiger partial charge in [0.2, 0.25) is 0 Å². The maximum absolute atomic E-state index is 12.4. The highest BCUT2D eigenvalue weighted by atomic mass is 32.1. The molecule has 0 saturated carbocycles. The number of halogens is 3. The van der Waals surface area contributed by atoms with Crippen LogP contribution < -0.4 is 0 Å². The number of hydrogen-bond donors (Lipinski definition) is 0. The van der Waals surface area contributed by atoms with Crippen LogP contribution in [0, 0.1) is 13.8 Å². The molecule has 0 radical (unpaired) electrons. The molecule has 0 unspecified atom stereocenters. The summed E-state index contributed by atoms with van der Waals surface area (Å²) in [6, 6.07) is 3.44. The Labute approximate surface area is 88.6 Å². The third-order valence-electron chi connectivity index (χ3n) is 2.25. The summed E-state index contributed by atoms with van der Waals surface area (Å²) >= 11 is 0.691. The first-order valence-electron chi connectivity index (χ1n) is 4.33. The standard InChI is InChI=1S/C10H8F3NS/c1-5-3-7-8(4-6(5)2)15-9(14-7)10(11,12)13/h3-4H,1-2H3. The Balaban J connectivity index is 2.66. The highest BCUT2D eigenvalue weighted by Gasteiger charge is 2.34. The molecule has 2 aromatic rings. The predicted molar refractivity (Wildman–Crippen MR) is 54.1 cm³/mol. The zero-order chi connectivity index (χ0) is 11.2. The van der Waals surface area contributed by atoms with Crippen LogP contribution in [-0.2, 0) is 6.18 Å². The molecule has 1 heterocycles. The fourth-order valence-electron chi connectivity index (χ4n) is 1.30. The fraction of sp³-hybridized carbons (Fsp3) is 0.300. The van der Waals surface area contributed by atoms with E-state index in [4.69, 9.17) is 0 Å². The zero-order valence-corrected chi connectivity index (χ0v) is 8.96. The Morgan fingerprint density at radius 2 is 1.73 bits per heavy atom. The minimum Gasteiger partial charge on any atom is -0.232 e. The van der Waals surface area contributed by atoms with E-state index < -0.39 is 11.2 Å². The molecule has 15 heavy (non-hydrogen) atoms. The second-order valence-corrected chi connectivity index (χ2v) is 4.45. The summed E-state index contributed by atoms with van der Waals surface area (Å²) in [7, 11) is 0. The van der Waals surface area contributed by atoms with E-state index >= 15 is 0 Å². The highest BCUT2D eigenvalue weighted by molar-refractivity contribution is 7.18. The smallest absolute Gasteiger partial charge is 0.232 e. The van der Waals surface area contributed by atoms with Crippen LogP contribution in [0.3, 0.4) is 0 Å². The second-order valence-electron chi connectivity index (χ2n) is 3.42. The van der Waals surface area contributed by atoms with E-state index in [1.807, 2.05) is 13.8 Å². The number of alkyl halides is 3. The molecule has 1 aromatic carbocycles. The summed E-state index contributed by atoms with van der Waals surface area (Å²) in [6.45, 7) is 3.74. The van der Waals surface area contributed by atoms with Crippen molar-refractivity contribution in [2.24, 2.45) is 0 Å². The molecular formula is C10H8F3NS. The van der Waals surface area contributed by atoms with Gasteiger partial charge in [-0.25, -0.2) is 4.98 Å². The lowest BCUT2D eigenvalue weighted by atomic mass is 10.1. The van der Waals surface area contributed by atoms with Crippen LogP contribution in [0.4, 0.5) is 13.2 Å². The van der Waals surface area contributed by atoms with Crippen molar-refractivity contribution >= 4 is 21.6 Å². The van der Waals surface area contributed by atoms with Gasteiger partial charge in [-0.05, 0) is 37.1 Å². The zero-order valence-electron chi connectivity index (χ0n) is 8.14. The molecule has 2 rings (SSSR count). The predicted octanol–water partition coefficient (Wildman–Crippen LogP) is 3.93. The number of hydrogen-bond acceptors (Lipinski definition) is 2. The summed E-state index contributed by atoms with van der Waals surface area (Å²) in [4.78, 5) is 3.58. The number of rotatable bonds is 0. The first-order chi connectivity index (χ1) is 6.88. The fourth-order valence-corrected chi connectivity index (χ4v) is 2.21. The van der Waals surface area contributed by atoms with Gasteiger partial charge in [-0.2, -0.15) is 13.2 Å². The Kier molecular flexibility index (Phi) is 2.22. The van der Waals surface area contributed by atoms with Crippen LogP contribution in [0.2, 0.25) is 0 Å². The van der Waals surface area contributed by atoms with E-state index in [0.717, 1.165) is 11.1 Å². The first-order valence-corrected chi connectivity index (χ1v) is 5.14. The number of aryl methyl sites for hydroxylation is 2. The summed E-state index contributed by atoms with van der Waals surface area (Å²) in [5, 5.41) is -0.775. The van der Waals surface area contributed by atoms with Gasteiger partial charge < -0.3 is 0 Å². The molecule has 0 bridgehead atoms. The summed E-state index contributed by atoms with van der Waals surface area (Å²) in [6.07, 6.45) is -4.34. The monoisotopic (exact) mass is 231 g/mol. The molecule has 0 atom stereocenters. The lowest BCUT2D eigenvalue weighted by Gasteiger charge is -1.98. The van der Waals surface area contributed by atoms with Crippen LogP contribution in [0.1, 0.15) is 16.1 Å². The third kappa shape index (κ3) is 1.84. The van der Waals surface area contributed by atoms with Gasteiger partial charge in [-0.15, -0.1) is 11.3 Å². The number of benzene rings is 1. The van der Waals surface area contributed by atoms with E-state index in [1.54, 1.807) is 12.1 Å². The average Bonchev–Trinajstić information content (AvgIpc) is 2.47. The van der Waals surface area contributed by atoms with E-state index in [0.29, 0.717) is 21.6 Å². The van der Waals surface area contributed by atoms with Gasteiger partial charge in [0.05, 0.1) is 10.2 Å². The largest absolute Gasteiger partial charge is 0.443 e. The van der Waals surface area contributed by atoms with Crippen molar-refractivity contribution in [3.8, 4) is 0 Å². The summed E-state index contributed by atoms with van der Waals surface area (Å²) in [5.74, 6) is 0. The van der Waals surface area contributed by atoms with E-state index in [2.05, 4.69) is 4.98 Å². The number of fused-ring (bicyclic) bond motifs is 1. The van der Waals surface area contributed by atoms with Crippen molar-refractivity contribution in [3.05, 3.63) is 28.3 Å². The van der Waals surface area contributed by atoms with Crippen LogP contribution in [0.15, 0.2) is 12.1 Å². The Morgan fingerprint density at radius 1 is 1.13 bits per heavy atom. The van der Waals surface area contributed by atoms with Gasteiger partial charge in [0, 0.05) is 0 Å². The molecule has 5 heteroatoms. The molecule has 0 aliphatic heterocycles. The highest BCUT2D eigenvalue weighted by Crippen LogP contribution is 2.36. The molecule has 1 nitrogen and oxygen atoms in total. The molecule has 0 fully saturated rings. The van der Waals surface area contributed by atoms with Crippen molar-refractivity contribution in [1.82, 2.24) is 4.98 Å². The molecule has 1 aromatic heterocycles. The average molecular weight is 231 g/mol. The van der Waals surface area contributed by atoms with Crippen molar-refractivity contribution in [2.45, 2.75) is 20.0 Å². The Bertz CT molecular complexity index is 474. The van der Waals surface area contributed by atoms with Gasteiger partial charge in [0.1, 0.15) is 0 Å². The first kappa shape index (κ1) is 10.4. The van der Waals surface area contributed by atoms with Crippen LogP contribution in [0.5, 0.6) is 0 Å². The quantitative estimate of drug-likeness (QED) is 0.669. The lowest BCUT2D eigenvalue weighted by Crippen LogP contribution is -2.03. The molecule has 0 aliphatic carbocycles. The molecule has 0 aliphatic rings. The van der Waals surface area contributed by atoms with Crippen LogP contribution >= 0.6 is 11.3 Å². The molecular weight excluding hydrogens is 223 g/mol. The third-order valence-corrected chi connectivity index (χ3v) is 3.31. The SMILES string of the molecule is Cc1cc2nc(C(F)(F)F)sc2cc1C. The van der Waals surface area contributed by atoms with E-state index in [9.17, 15) is 13.2 Å². The van der Waals surface area contributed by atoms with Gasteiger partial charge in [-0.1, -0.05) is 0 Å². The van der Waals surface area contributed by atoms with E-state index in [1.165, 1.54) is 0 Å².